The Bertz CT molecular complexity index is 2920. The van der Waals surface area contributed by atoms with Gasteiger partial charge < -0.3 is 4.42 Å². The number of hydrogen-bond acceptors (Lipinski definition) is 4. The average molecular weight is 678 g/mol. The molecule has 0 fully saturated rings. The highest BCUT2D eigenvalue weighted by Crippen LogP contribution is 2.46. The summed E-state index contributed by atoms with van der Waals surface area (Å²) in [5, 5.41) is 4.26. The Hall–Kier alpha value is -7.17. The molecular weight excluding hydrogens is 647 g/mol. The molecule has 0 N–H and O–H groups in total. The van der Waals surface area contributed by atoms with Crippen LogP contribution in [-0.4, -0.2) is 15.0 Å². The molecule has 0 saturated heterocycles. The zero-order chi connectivity index (χ0) is 35.1. The van der Waals surface area contributed by atoms with E-state index in [1.54, 1.807) is 0 Å². The molecule has 2 aromatic heterocycles. The van der Waals surface area contributed by atoms with Crippen LogP contribution in [-0.2, 0) is 0 Å². The van der Waals surface area contributed by atoms with Gasteiger partial charge in [-0.15, -0.1) is 0 Å². The minimum atomic E-state index is 0.584. The first-order valence-corrected chi connectivity index (χ1v) is 17.8. The van der Waals surface area contributed by atoms with Crippen LogP contribution in [0.4, 0.5) is 0 Å². The second-order valence-electron chi connectivity index (χ2n) is 13.2. The van der Waals surface area contributed by atoms with Gasteiger partial charge in [-0.3, -0.25) is 0 Å². The molecule has 0 spiro atoms. The van der Waals surface area contributed by atoms with E-state index in [9.17, 15) is 0 Å². The van der Waals surface area contributed by atoms with Crippen LogP contribution in [0.15, 0.2) is 192 Å². The highest BCUT2D eigenvalue weighted by Gasteiger charge is 2.23. The monoisotopic (exact) mass is 677 g/mol. The van der Waals surface area contributed by atoms with Crippen LogP contribution in [0, 0.1) is 0 Å². The fourth-order valence-corrected chi connectivity index (χ4v) is 7.31. The minimum absolute atomic E-state index is 0.584. The van der Waals surface area contributed by atoms with Crippen molar-refractivity contribution in [2.75, 3.05) is 0 Å². The summed E-state index contributed by atoms with van der Waals surface area (Å²) >= 11 is 0. The molecular formula is C49H31N3O. The largest absolute Gasteiger partial charge is 0.455 e. The van der Waals surface area contributed by atoms with E-state index in [0.29, 0.717) is 17.5 Å². The Kier molecular flexibility index (Phi) is 7.43. The Morgan fingerprint density at radius 3 is 1.51 bits per heavy atom. The van der Waals surface area contributed by atoms with E-state index in [-0.39, 0.29) is 0 Å². The van der Waals surface area contributed by atoms with E-state index in [1.807, 2.05) is 42.5 Å². The molecule has 0 saturated carbocycles. The van der Waals surface area contributed by atoms with Gasteiger partial charge >= 0.3 is 0 Å². The van der Waals surface area contributed by atoms with Crippen LogP contribution in [0.2, 0.25) is 0 Å². The van der Waals surface area contributed by atoms with Crippen LogP contribution >= 0.6 is 0 Å². The third kappa shape index (κ3) is 5.54. The third-order valence-electron chi connectivity index (χ3n) is 9.91. The first-order valence-electron chi connectivity index (χ1n) is 17.8. The topological polar surface area (TPSA) is 51.8 Å². The van der Waals surface area contributed by atoms with Crippen LogP contribution in [0.3, 0.4) is 0 Å². The summed E-state index contributed by atoms with van der Waals surface area (Å²) in [6.07, 6.45) is 0. The molecule has 10 aromatic rings. The lowest BCUT2D eigenvalue weighted by Crippen LogP contribution is -2.00. The highest BCUT2D eigenvalue weighted by molar-refractivity contribution is 6.19. The lowest BCUT2D eigenvalue weighted by Gasteiger charge is -2.11. The molecule has 10 rings (SSSR count). The van der Waals surface area contributed by atoms with E-state index in [1.165, 1.54) is 5.39 Å². The van der Waals surface area contributed by atoms with E-state index in [0.717, 1.165) is 77.4 Å². The molecule has 4 nitrogen and oxygen atoms in total. The summed E-state index contributed by atoms with van der Waals surface area (Å²) in [6.45, 7) is 0. The standard InChI is InChI=1S/C49H31N3O/c1-5-15-32(16-6-1)39-30-42(35-20-9-3-10-21-35)45-43(31-39)44-41(28-27-40(46(44)53-45)34-18-7-2-8-19-34)49-51-47(36-22-11-4-12-23-36)50-48(52-49)38-26-25-33-17-13-14-24-37(33)29-38/h1-31H. The average Bonchev–Trinajstić information content (AvgIpc) is 3.64. The van der Waals surface area contributed by atoms with E-state index < -0.39 is 0 Å². The van der Waals surface area contributed by atoms with Crippen molar-refractivity contribution in [3.05, 3.63) is 188 Å². The number of benzene rings is 8. The van der Waals surface area contributed by atoms with Gasteiger partial charge in [-0.1, -0.05) is 158 Å². The zero-order valence-corrected chi connectivity index (χ0v) is 28.6. The molecule has 0 aliphatic rings. The zero-order valence-electron chi connectivity index (χ0n) is 28.6. The van der Waals surface area contributed by atoms with Crippen molar-refractivity contribution in [2.45, 2.75) is 0 Å². The predicted molar refractivity (Wildman–Crippen MR) is 217 cm³/mol. The lowest BCUT2D eigenvalue weighted by molar-refractivity contribution is 0.671. The number of furan rings is 1. The molecule has 0 unspecified atom stereocenters. The summed E-state index contributed by atoms with van der Waals surface area (Å²) in [5.74, 6) is 1.81. The number of fused-ring (bicyclic) bond motifs is 4. The summed E-state index contributed by atoms with van der Waals surface area (Å²) in [7, 11) is 0. The van der Waals surface area contributed by atoms with Gasteiger partial charge in [-0.05, 0) is 63.4 Å². The van der Waals surface area contributed by atoms with Crippen molar-refractivity contribution in [3.63, 3.8) is 0 Å². The molecule has 2 heterocycles. The van der Waals surface area contributed by atoms with Crippen LogP contribution in [0.1, 0.15) is 0 Å². The van der Waals surface area contributed by atoms with E-state index in [4.69, 9.17) is 19.4 Å². The SMILES string of the molecule is c1ccc(-c2cc(-c3ccccc3)c3oc4c(-c5ccccc5)ccc(-c5nc(-c6ccccc6)nc(-c6ccc7ccccc7c6)n5)c4c3c2)cc1. The predicted octanol–water partition coefficient (Wildman–Crippen LogP) is 12.9. The van der Waals surface area contributed by atoms with Crippen molar-refractivity contribution in [1.29, 1.82) is 0 Å². The van der Waals surface area contributed by atoms with Crippen molar-refractivity contribution >= 4 is 32.7 Å². The molecule has 0 bridgehead atoms. The Labute approximate surface area is 306 Å². The summed E-state index contributed by atoms with van der Waals surface area (Å²) in [6, 6.07) is 65.1. The van der Waals surface area contributed by atoms with Crippen molar-refractivity contribution in [2.24, 2.45) is 0 Å². The summed E-state index contributed by atoms with van der Waals surface area (Å²) in [4.78, 5) is 15.5. The maximum Gasteiger partial charge on any atom is 0.164 e. The fraction of sp³-hybridized carbons (Fsp3) is 0. The molecule has 0 atom stereocenters. The molecule has 8 aromatic carbocycles. The van der Waals surface area contributed by atoms with Crippen molar-refractivity contribution in [1.82, 2.24) is 15.0 Å². The smallest absolute Gasteiger partial charge is 0.164 e. The van der Waals surface area contributed by atoms with Gasteiger partial charge in [0, 0.05) is 38.6 Å². The molecule has 53 heavy (non-hydrogen) atoms. The molecule has 248 valence electrons. The first kappa shape index (κ1) is 30.6. The molecule has 0 aliphatic heterocycles. The maximum absolute atomic E-state index is 7.08. The van der Waals surface area contributed by atoms with E-state index >= 15 is 0 Å². The molecule has 0 radical (unpaired) electrons. The van der Waals surface area contributed by atoms with E-state index in [2.05, 4.69) is 146 Å². The van der Waals surface area contributed by atoms with Crippen molar-refractivity contribution < 1.29 is 4.42 Å². The van der Waals surface area contributed by atoms with Crippen LogP contribution in [0.25, 0.3) is 100 Å². The Morgan fingerprint density at radius 1 is 0.302 bits per heavy atom. The van der Waals surface area contributed by atoms with Gasteiger partial charge in [-0.2, -0.15) is 0 Å². The summed E-state index contributed by atoms with van der Waals surface area (Å²) in [5.41, 5.74) is 10.8. The van der Waals surface area contributed by atoms with Crippen LogP contribution < -0.4 is 0 Å². The second kappa shape index (κ2) is 12.9. The maximum atomic E-state index is 7.08. The van der Waals surface area contributed by atoms with Gasteiger partial charge in [0.15, 0.2) is 17.5 Å². The van der Waals surface area contributed by atoms with Crippen LogP contribution in [0.5, 0.6) is 0 Å². The fourth-order valence-electron chi connectivity index (χ4n) is 7.31. The van der Waals surface area contributed by atoms with Gasteiger partial charge in [0.1, 0.15) is 11.2 Å². The Morgan fingerprint density at radius 2 is 0.830 bits per heavy atom. The van der Waals surface area contributed by atoms with Gasteiger partial charge in [0.2, 0.25) is 0 Å². The number of hydrogen-bond donors (Lipinski definition) is 0. The number of nitrogens with zero attached hydrogens (tertiary/aromatic N) is 3. The minimum Gasteiger partial charge on any atom is -0.455 e. The molecule has 0 amide bonds. The Balaban J connectivity index is 1.31. The molecule has 4 heteroatoms. The number of aromatic nitrogens is 3. The normalized spacial score (nSPS) is 11.4. The third-order valence-corrected chi connectivity index (χ3v) is 9.91. The highest BCUT2D eigenvalue weighted by atomic mass is 16.3. The second-order valence-corrected chi connectivity index (χ2v) is 13.2. The van der Waals surface area contributed by atoms with Crippen molar-refractivity contribution in [3.8, 4) is 67.5 Å². The number of rotatable bonds is 6. The lowest BCUT2D eigenvalue weighted by atomic mass is 9.93. The summed E-state index contributed by atoms with van der Waals surface area (Å²) < 4.78 is 7.08. The molecule has 0 aliphatic carbocycles. The van der Waals surface area contributed by atoms with Gasteiger partial charge in [0.05, 0.1) is 0 Å². The quantitative estimate of drug-likeness (QED) is 0.176. The first-order chi connectivity index (χ1) is 26.3. The van der Waals surface area contributed by atoms with Gasteiger partial charge in [-0.25, -0.2) is 15.0 Å². The van der Waals surface area contributed by atoms with Gasteiger partial charge in [0.25, 0.3) is 0 Å².